The number of nitrogens with one attached hydrogen (secondary N) is 1. The predicted molar refractivity (Wildman–Crippen MR) is 108 cm³/mol. The van der Waals surface area contributed by atoms with E-state index in [9.17, 15) is 4.79 Å². The van der Waals surface area contributed by atoms with E-state index in [0.717, 1.165) is 21.5 Å². The molecule has 126 valence electrons. The van der Waals surface area contributed by atoms with E-state index in [-0.39, 0.29) is 5.91 Å². The van der Waals surface area contributed by atoms with Gasteiger partial charge in [-0.1, -0.05) is 58.0 Å². The second kappa shape index (κ2) is 8.88. The number of carbonyl (C=O) groups is 1. The Hall–Kier alpha value is -2.04. The van der Waals surface area contributed by atoms with Crippen LogP contribution >= 0.6 is 27.7 Å². The van der Waals surface area contributed by atoms with Crippen LogP contribution in [-0.4, -0.2) is 5.91 Å². The Kier molecular flexibility index (Phi) is 6.31. The van der Waals surface area contributed by atoms with Crippen molar-refractivity contribution in [3.05, 3.63) is 88.9 Å². The van der Waals surface area contributed by atoms with E-state index < -0.39 is 0 Å². The SMILES string of the molecule is O=C(CCc1ccccc1)Nc1ccc(Sc2ccc(Br)cc2)cc1. The molecule has 0 aliphatic rings. The third-order valence-electron chi connectivity index (χ3n) is 3.67. The van der Waals surface area contributed by atoms with Crippen LogP contribution in [0.1, 0.15) is 12.0 Å². The van der Waals surface area contributed by atoms with Crippen molar-refractivity contribution in [1.82, 2.24) is 0 Å². The van der Waals surface area contributed by atoms with Gasteiger partial charge >= 0.3 is 0 Å². The number of anilines is 1. The van der Waals surface area contributed by atoms with Crippen LogP contribution in [0.15, 0.2) is 93.1 Å². The third kappa shape index (κ3) is 5.76. The molecular formula is C21H18BrNOS. The molecule has 0 unspecified atom stereocenters. The molecule has 3 rings (SSSR count). The van der Waals surface area contributed by atoms with E-state index in [0.29, 0.717) is 6.42 Å². The van der Waals surface area contributed by atoms with E-state index in [1.54, 1.807) is 11.8 Å². The predicted octanol–water partition coefficient (Wildman–Crippen LogP) is 6.17. The van der Waals surface area contributed by atoms with E-state index in [1.807, 2.05) is 66.7 Å². The highest BCUT2D eigenvalue weighted by atomic mass is 79.9. The normalized spacial score (nSPS) is 10.4. The molecule has 0 spiro atoms. The number of hydrogen-bond acceptors (Lipinski definition) is 2. The minimum absolute atomic E-state index is 0.0390. The number of amides is 1. The van der Waals surface area contributed by atoms with Crippen molar-refractivity contribution in [2.45, 2.75) is 22.6 Å². The smallest absolute Gasteiger partial charge is 0.224 e. The summed E-state index contributed by atoms with van der Waals surface area (Å²) >= 11 is 5.14. The first kappa shape index (κ1) is 17.8. The molecule has 25 heavy (non-hydrogen) atoms. The van der Waals surface area contributed by atoms with Gasteiger partial charge in [-0.15, -0.1) is 0 Å². The van der Waals surface area contributed by atoms with Crippen LogP contribution in [0.25, 0.3) is 0 Å². The summed E-state index contributed by atoms with van der Waals surface area (Å²) in [6.45, 7) is 0. The molecule has 2 nitrogen and oxygen atoms in total. The lowest BCUT2D eigenvalue weighted by Gasteiger charge is -2.07. The molecule has 0 bridgehead atoms. The summed E-state index contributed by atoms with van der Waals surface area (Å²) < 4.78 is 1.07. The van der Waals surface area contributed by atoms with Crippen LogP contribution in [0, 0.1) is 0 Å². The van der Waals surface area contributed by atoms with E-state index in [1.165, 1.54) is 10.5 Å². The zero-order chi connectivity index (χ0) is 17.5. The number of hydrogen-bond donors (Lipinski definition) is 1. The zero-order valence-corrected chi connectivity index (χ0v) is 16.0. The molecule has 1 amide bonds. The number of carbonyl (C=O) groups excluding carboxylic acids is 1. The quantitative estimate of drug-likeness (QED) is 0.525. The number of aryl methyl sites for hydroxylation is 1. The Balaban J connectivity index is 1.51. The molecule has 0 saturated carbocycles. The van der Waals surface area contributed by atoms with Crippen molar-refractivity contribution in [3.8, 4) is 0 Å². The first-order valence-electron chi connectivity index (χ1n) is 8.06. The van der Waals surface area contributed by atoms with Gasteiger partial charge in [0.05, 0.1) is 0 Å². The first-order valence-corrected chi connectivity index (χ1v) is 9.67. The van der Waals surface area contributed by atoms with Gasteiger partial charge in [0, 0.05) is 26.4 Å². The number of rotatable bonds is 6. The maximum atomic E-state index is 12.1. The van der Waals surface area contributed by atoms with Gasteiger partial charge in [0.1, 0.15) is 0 Å². The molecule has 0 aliphatic heterocycles. The van der Waals surface area contributed by atoms with Crippen LogP contribution in [-0.2, 0) is 11.2 Å². The molecule has 0 heterocycles. The van der Waals surface area contributed by atoms with Crippen molar-refractivity contribution in [1.29, 1.82) is 0 Å². The first-order chi connectivity index (χ1) is 12.2. The summed E-state index contributed by atoms with van der Waals surface area (Å²) in [6.07, 6.45) is 1.24. The zero-order valence-electron chi connectivity index (χ0n) is 13.6. The van der Waals surface area contributed by atoms with E-state index in [4.69, 9.17) is 0 Å². The Labute approximate surface area is 160 Å². The molecule has 3 aromatic carbocycles. The lowest BCUT2D eigenvalue weighted by atomic mass is 10.1. The van der Waals surface area contributed by atoms with Crippen molar-refractivity contribution in [2.75, 3.05) is 5.32 Å². The Morgan fingerprint density at radius 3 is 2.08 bits per heavy atom. The van der Waals surface area contributed by atoms with Gasteiger partial charge in [-0.05, 0) is 60.5 Å². The van der Waals surface area contributed by atoms with Crippen LogP contribution < -0.4 is 5.32 Å². The fourth-order valence-electron chi connectivity index (χ4n) is 2.37. The highest BCUT2D eigenvalue weighted by molar-refractivity contribution is 9.10. The lowest BCUT2D eigenvalue weighted by Crippen LogP contribution is -2.12. The average Bonchev–Trinajstić information content (AvgIpc) is 2.64. The summed E-state index contributed by atoms with van der Waals surface area (Å²) in [4.78, 5) is 14.4. The molecule has 3 aromatic rings. The van der Waals surface area contributed by atoms with Crippen molar-refractivity contribution in [3.63, 3.8) is 0 Å². The summed E-state index contributed by atoms with van der Waals surface area (Å²) in [5.41, 5.74) is 2.01. The third-order valence-corrected chi connectivity index (χ3v) is 5.22. The van der Waals surface area contributed by atoms with Gasteiger partial charge in [-0.2, -0.15) is 0 Å². The Morgan fingerprint density at radius 2 is 1.44 bits per heavy atom. The molecule has 1 N–H and O–H groups in total. The van der Waals surface area contributed by atoms with E-state index in [2.05, 4.69) is 33.4 Å². The van der Waals surface area contributed by atoms with Crippen LogP contribution in [0.4, 0.5) is 5.69 Å². The number of benzene rings is 3. The number of halogens is 1. The van der Waals surface area contributed by atoms with Gasteiger partial charge in [0.15, 0.2) is 0 Å². The summed E-state index contributed by atoms with van der Waals surface area (Å²) in [7, 11) is 0. The monoisotopic (exact) mass is 411 g/mol. The highest BCUT2D eigenvalue weighted by Crippen LogP contribution is 2.29. The van der Waals surface area contributed by atoms with Gasteiger partial charge in [-0.25, -0.2) is 0 Å². The molecule has 0 aliphatic carbocycles. The van der Waals surface area contributed by atoms with Gasteiger partial charge in [-0.3, -0.25) is 4.79 Å². The van der Waals surface area contributed by atoms with Crippen molar-refractivity contribution in [2.24, 2.45) is 0 Å². The van der Waals surface area contributed by atoms with Gasteiger partial charge in [0.25, 0.3) is 0 Å². The fourth-order valence-corrected chi connectivity index (χ4v) is 3.45. The van der Waals surface area contributed by atoms with E-state index >= 15 is 0 Å². The van der Waals surface area contributed by atoms with Gasteiger partial charge < -0.3 is 5.32 Å². The second-order valence-corrected chi connectivity index (χ2v) is 7.68. The minimum atomic E-state index is 0.0390. The van der Waals surface area contributed by atoms with Crippen LogP contribution in [0.3, 0.4) is 0 Å². The van der Waals surface area contributed by atoms with Crippen molar-refractivity contribution < 1.29 is 4.79 Å². The molecule has 0 atom stereocenters. The molecule has 0 aromatic heterocycles. The minimum Gasteiger partial charge on any atom is -0.326 e. The van der Waals surface area contributed by atoms with Crippen molar-refractivity contribution >= 4 is 39.3 Å². The molecule has 0 saturated heterocycles. The summed E-state index contributed by atoms with van der Waals surface area (Å²) in [5, 5.41) is 2.96. The summed E-state index contributed by atoms with van der Waals surface area (Å²) in [5.74, 6) is 0.0390. The van der Waals surface area contributed by atoms with Crippen LogP contribution in [0.2, 0.25) is 0 Å². The van der Waals surface area contributed by atoms with Crippen LogP contribution in [0.5, 0.6) is 0 Å². The maximum absolute atomic E-state index is 12.1. The molecular weight excluding hydrogens is 394 g/mol. The topological polar surface area (TPSA) is 29.1 Å². The Bertz CT molecular complexity index is 817. The molecule has 0 fully saturated rings. The molecule has 4 heteroatoms. The largest absolute Gasteiger partial charge is 0.326 e. The van der Waals surface area contributed by atoms with Gasteiger partial charge in [0.2, 0.25) is 5.91 Å². The average molecular weight is 412 g/mol. The standard InChI is InChI=1S/C21H18BrNOS/c22-17-7-11-19(12-8-17)25-20-13-9-18(10-14-20)23-21(24)15-6-16-4-2-1-3-5-16/h1-5,7-14H,6,15H2,(H,23,24). The fraction of sp³-hybridized carbons (Fsp3) is 0.0952. The lowest BCUT2D eigenvalue weighted by molar-refractivity contribution is -0.116. The Morgan fingerprint density at radius 1 is 0.840 bits per heavy atom. The molecule has 0 radical (unpaired) electrons. The maximum Gasteiger partial charge on any atom is 0.224 e. The highest BCUT2D eigenvalue weighted by Gasteiger charge is 2.04. The second-order valence-electron chi connectivity index (χ2n) is 5.61. The summed E-state index contributed by atoms with van der Waals surface area (Å²) in [6, 6.07) is 26.2.